The fourth-order valence-electron chi connectivity index (χ4n) is 2.96. The van der Waals surface area contributed by atoms with E-state index in [-0.39, 0.29) is 5.92 Å². The van der Waals surface area contributed by atoms with Crippen molar-refractivity contribution in [3.05, 3.63) is 23.8 Å². The van der Waals surface area contributed by atoms with Gasteiger partial charge in [-0.1, -0.05) is 19.1 Å². The van der Waals surface area contributed by atoms with E-state index in [1.807, 2.05) is 25.1 Å². The van der Waals surface area contributed by atoms with E-state index in [4.69, 9.17) is 9.47 Å². The molecule has 5 heteroatoms. The number of para-hydroxylation sites is 1. The Balaban J connectivity index is 2.14. The average molecular weight is 321 g/mol. The summed E-state index contributed by atoms with van der Waals surface area (Å²) in [6.45, 7) is 7.50. The molecule has 0 spiro atoms. The third-order valence-electron chi connectivity index (χ3n) is 4.06. The number of carbonyl (C=O) groups is 1. The number of piperidine rings is 1. The van der Waals surface area contributed by atoms with Crippen LogP contribution in [0.5, 0.6) is 11.5 Å². The average Bonchev–Trinajstić information content (AvgIpc) is 2.55. The molecule has 1 fully saturated rings. The maximum absolute atomic E-state index is 11.2. The number of hydrogen-bond donors (Lipinski definition) is 1. The van der Waals surface area contributed by atoms with E-state index < -0.39 is 5.97 Å². The van der Waals surface area contributed by atoms with Crippen LogP contribution in [0.4, 0.5) is 0 Å². The Hall–Kier alpha value is -1.75. The van der Waals surface area contributed by atoms with E-state index in [0.29, 0.717) is 26.3 Å². The van der Waals surface area contributed by atoms with Gasteiger partial charge >= 0.3 is 5.97 Å². The zero-order valence-electron chi connectivity index (χ0n) is 14.1. The highest BCUT2D eigenvalue weighted by Gasteiger charge is 2.26. The minimum atomic E-state index is -0.694. The predicted molar refractivity (Wildman–Crippen MR) is 89.0 cm³/mol. The lowest BCUT2D eigenvalue weighted by Crippen LogP contribution is -2.38. The maximum atomic E-state index is 11.2. The Bertz CT molecular complexity index is 518. The van der Waals surface area contributed by atoms with Crippen LogP contribution in [-0.2, 0) is 11.3 Å². The van der Waals surface area contributed by atoms with E-state index in [2.05, 4.69) is 11.8 Å². The van der Waals surface area contributed by atoms with Gasteiger partial charge in [0, 0.05) is 18.7 Å². The molecule has 23 heavy (non-hydrogen) atoms. The van der Waals surface area contributed by atoms with Gasteiger partial charge in [-0.05, 0) is 38.8 Å². The van der Waals surface area contributed by atoms with Crippen LogP contribution < -0.4 is 9.47 Å². The number of likely N-dealkylation sites (tertiary alicyclic amines) is 1. The van der Waals surface area contributed by atoms with Crippen molar-refractivity contribution in [3.8, 4) is 11.5 Å². The van der Waals surface area contributed by atoms with Crippen LogP contribution >= 0.6 is 0 Å². The Morgan fingerprint density at radius 1 is 1.35 bits per heavy atom. The molecule has 1 saturated heterocycles. The second-order valence-electron chi connectivity index (χ2n) is 5.94. The Labute approximate surface area is 138 Å². The molecular formula is C18H27NO4. The topological polar surface area (TPSA) is 59.0 Å². The summed E-state index contributed by atoms with van der Waals surface area (Å²) in [4.78, 5) is 13.4. The van der Waals surface area contributed by atoms with Crippen molar-refractivity contribution in [1.82, 2.24) is 4.90 Å². The minimum Gasteiger partial charge on any atom is -0.490 e. The smallest absolute Gasteiger partial charge is 0.307 e. The number of nitrogens with zero attached hydrogens (tertiary/aromatic N) is 1. The van der Waals surface area contributed by atoms with E-state index in [1.165, 1.54) is 0 Å². The fourth-order valence-corrected chi connectivity index (χ4v) is 2.96. The molecule has 0 radical (unpaired) electrons. The van der Waals surface area contributed by atoms with Gasteiger partial charge in [0.2, 0.25) is 0 Å². The summed E-state index contributed by atoms with van der Waals surface area (Å²) >= 11 is 0. The van der Waals surface area contributed by atoms with Gasteiger partial charge in [-0.3, -0.25) is 9.69 Å². The molecule has 0 bridgehead atoms. The molecule has 1 aliphatic heterocycles. The molecule has 0 aromatic heterocycles. The molecule has 5 nitrogen and oxygen atoms in total. The number of carboxylic acid groups (broad SMARTS) is 1. The van der Waals surface area contributed by atoms with E-state index in [1.54, 1.807) is 0 Å². The first-order valence-corrected chi connectivity index (χ1v) is 8.48. The Morgan fingerprint density at radius 2 is 2.17 bits per heavy atom. The number of hydrogen-bond acceptors (Lipinski definition) is 4. The predicted octanol–water partition coefficient (Wildman–Crippen LogP) is 3.17. The second-order valence-corrected chi connectivity index (χ2v) is 5.94. The van der Waals surface area contributed by atoms with Crippen molar-refractivity contribution in [2.75, 3.05) is 26.3 Å². The molecule has 1 atom stereocenters. The number of aliphatic carboxylic acids is 1. The van der Waals surface area contributed by atoms with Gasteiger partial charge in [0.1, 0.15) is 0 Å². The molecule has 1 aromatic carbocycles. The molecule has 0 aliphatic carbocycles. The lowest BCUT2D eigenvalue weighted by atomic mass is 9.98. The molecule has 0 saturated carbocycles. The van der Waals surface area contributed by atoms with Crippen LogP contribution in [0, 0.1) is 5.92 Å². The van der Waals surface area contributed by atoms with Gasteiger partial charge in [-0.25, -0.2) is 0 Å². The zero-order chi connectivity index (χ0) is 16.7. The largest absolute Gasteiger partial charge is 0.490 e. The van der Waals surface area contributed by atoms with E-state index >= 15 is 0 Å². The highest BCUT2D eigenvalue weighted by molar-refractivity contribution is 5.70. The fraction of sp³-hybridized carbons (Fsp3) is 0.611. The lowest BCUT2D eigenvalue weighted by Gasteiger charge is -2.31. The molecule has 1 heterocycles. The molecule has 1 unspecified atom stereocenters. The lowest BCUT2D eigenvalue weighted by molar-refractivity contribution is -0.143. The first-order valence-electron chi connectivity index (χ1n) is 8.48. The van der Waals surface area contributed by atoms with Crippen molar-refractivity contribution >= 4 is 5.97 Å². The number of rotatable bonds is 8. The first-order chi connectivity index (χ1) is 11.2. The zero-order valence-corrected chi connectivity index (χ0v) is 14.1. The highest BCUT2D eigenvalue weighted by atomic mass is 16.5. The van der Waals surface area contributed by atoms with Gasteiger partial charge in [-0.15, -0.1) is 0 Å². The van der Waals surface area contributed by atoms with Crippen LogP contribution in [0.2, 0.25) is 0 Å². The van der Waals surface area contributed by atoms with E-state index in [0.717, 1.165) is 42.9 Å². The summed E-state index contributed by atoms with van der Waals surface area (Å²) < 4.78 is 11.6. The summed E-state index contributed by atoms with van der Waals surface area (Å²) in [7, 11) is 0. The van der Waals surface area contributed by atoms with Crippen molar-refractivity contribution < 1.29 is 19.4 Å². The molecule has 2 rings (SSSR count). The highest BCUT2D eigenvalue weighted by Crippen LogP contribution is 2.33. The molecule has 128 valence electrons. The van der Waals surface area contributed by atoms with Crippen molar-refractivity contribution in [2.45, 2.75) is 39.7 Å². The summed E-state index contributed by atoms with van der Waals surface area (Å²) in [5.74, 6) is 0.609. The maximum Gasteiger partial charge on any atom is 0.307 e. The van der Waals surface area contributed by atoms with Crippen molar-refractivity contribution in [1.29, 1.82) is 0 Å². The summed E-state index contributed by atoms with van der Waals surface area (Å²) in [6, 6.07) is 5.93. The molecule has 1 aliphatic rings. The standard InChI is InChI=1S/C18H27NO4/c1-3-11-23-17-14(7-5-9-16(17)22-4-2)12-19-10-6-8-15(13-19)18(20)21/h5,7,9,15H,3-4,6,8,10-13H2,1-2H3,(H,20,21). The Kier molecular flexibility index (Phi) is 6.71. The van der Waals surface area contributed by atoms with Crippen molar-refractivity contribution in [3.63, 3.8) is 0 Å². The second kappa shape index (κ2) is 8.77. The summed E-state index contributed by atoms with van der Waals surface area (Å²) in [5.41, 5.74) is 1.07. The van der Waals surface area contributed by atoms with Gasteiger partial charge < -0.3 is 14.6 Å². The monoisotopic (exact) mass is 321 g/mol. The first kappa shape index (κ1) is 17.6. The molecule has 1 aromatic rings. The summed E-state index contributed by atoms with van der Waals surface area (Å²) in [5, 5.41) is 9.24. The third kappa shape index (κ3) is 4.86. The van der Waals surface area contributed by atoms with Crippen molar-refractivity contribution in [2.24, 2.45) is 5.92 Å². The summed E-state index contributed by atoms with van der Waals surface area (Å²) in [6.07, 6.45) is 2.63. The Morgan fingerprint density at radius 3 is 2.87 bits per heavy atom. The third-order valence-corrected chi connectivity index (χ3v) is 4.06. The van der Waals surface area contributed by atoms with Gasteiger partial charge in [-0.2, -0.15) is 0 Å². The van der Waals surface area contributed by atoms with Crippen LogP contribution in [0.3, 0.4) is 0 Å². The normalized spacial score (nSPS) is 18.6. The van der Waals surface area contributed by atoms with Gasteiger partial charge in [0.05, 0.1) is 19.1 Å². The molecule has 1 N–H and O–H groups in total. The van der Waals surface area contributed by atoms with Crippen LogP contribution in [-0.4, -0.2) is 42.3 Å². The number of carboxylic acids is 1. The quantitative estimate of drug-likeness (QED) is 0.797. The van der Waals surface area contributed by atoms with Crippen LogP contribution in [0.15, 0.2) is 18.2 Å². The minimum absolute atomic E-state index is 0.265. The molecule has 0 amide bonds. The van der Waals surface area contributed by atoms with Crippen LogP contribution in [0.25, 0.3) is 0 Å². The number of benzene rings is 1. The SMILES string of the molecule is CCCOc1c(CN2CCCC(C(=O)O)C2)cccc1OCC. The molecular weight excluding hydrogens is 294 g/mol. The van der Waals surface area contributed by atoms with Crippen LogP contribution in [0.1, 0.15) is 38.7 Å². The van der Waals surface area contributed by atoms with Gasteiger partial charge in [0.15, 0.2) is 11.5 Å². The number of ether oxygens (including phenoxy) is 2. The van der Waals surface area contributed by atoms with Gasteiger partial charge in [0.25, 0.3) is 0 Å². The van der Waals surface area contributed by atoms with E-state index in [9.17, 15) is 9.90 Å².